The van der Waals surface area contributed by atoms with Crippen LogP contribution in [0.25, 0.3) is 0 Å². The molecule has 2 heterocycles. The summed E-state index contributed by atoms with van der Waals surface area (Å²) in [6, 6.07) is 0. The summed E-state index contributed by atoms with van der Waals surface area (Å²) in [5, 5.41) is 3.28. The molecule has 2 fully saturated rings. The monoisotopic (exact) mass is 298 g/mol. The van der Waals surface area contributed by atoms with E-state index in [0.717, 1.165) is 38.8 Å². The third kappa shape index (κ3) is 5.40. The molecule has 0 aromatic heterocycles. The van der Waals surface area contributed by atoms with E-state index in [9.17, 15) is 8.42 Å². The largest absolute Gasteiger partial charge is 0.377 e. The molecule has 2 atom stereocenters. The molecule has 0 saturated carbocycles. The van der Waals surface area contributed by atoms with Crippen LogP contribution in [0.1, 0.15) is 25.7 Å². The van der Waals surface area contributed by atoms with Crippen molar-refractivity contribution in [3.05, 3.63) is 0 Å². The quantitative estimate of drug-likeness (QED) is 0.776. The average Bonchev–Trinajstić information content (AvgIpc) is 2.80. The van der Waals surface area contributed by atoms with Gasteiger partial charge in [-0.3, -0.25) is 0 Å². The van der Waals surface area contributed by atoms with Crippen LogP contribution in [0.3, 0.4) is 0 Å². The Hall–Kier alpha value is 0.120. The molecule has 7 heteroatoms. The summed E-state index contributed by atoms with van der Waals surface area (Å²) in [5.74, 6) is 0.552. The Kier molecular flexibility index (Phi) is 6.87. The minimum absolute atomic E-state index is 0. The minimum atomic E-state index is -3.17. The molecule has 0 aromatic rings. The van der Waals surface area contributed by atoms with E-state index in [-0.39, 0.29) is 24.3 Å². The SMILES string of the molecule is Cl.O=S(=O)(CC1CCCO1)NCC1CCCNC1. The van der Waals surface area contributed by atoms with Crippen LogP contribution in [0, 0.1) is 5.92 Å². The van der Waals surface area contributed by atoms with E-state index in [1.54, 1.807) is 0 Å². The van der Waals surface area contributed by atoms with Gasteiger partial charge in [-0.15, -0.1) is 12.4 Å². The lowest BCUT2D eigenvalue weighted by atomic mass is 10.0. The molecule has 0 amide bonds. The van der Waals surface area contributed by atoms with Crippen molar-refractivity contribution in [2.24, 2.45) is 5.92 Å². The van der Waals surface area contributed by atoms with Crippen LogP contribution in [-0.2, 0) is 14.8 Å². The molecule has 0 aromatic carbocycles. The first-order chi connectivity index (χ1) is 8.16. The van der Waals surface area contributed by atoms with Crippen LogP contribution in [0.2, 0.25) is 0 Å². The van der Waals surface area contributed by atoms with Gasteiger partial charge in [0.2, 0.25) is 10.0 Å². The number of hydrogen-bond donors (Lipinski definition) is 2. The van der Waals surface area contributed by atoms with Gasteiger partial charge in [0.05, 0.1) is 11.9 Å². The Balaban J connectivity index is 0.00000162. The highest BCUT2D eigenvalue weighted by Gasteiger charge is 2.24. The first-order valence-electron chi connectivity index (χ1n) is 6.45. The number of rotatable bonds is 5. The Morgan fingerprint density at radius 3 is 2.72 bits per heavy atom. The fourth-order valence-corrected chi connectivity index (χ4v) is 3.78. The summed E-state index contributed by atoms with van der Waals surface area (Å²) in [6.07, 6.45) is 3.99. The Morgan fingerprint density at radius 1 is 1.28 bits per heavy atom. The van der Waals surface area contributed by atoms with Crippen molar-refractivity contribution in [3.63, 3.8) is 0 Å². The van der Waals surface area contributed by atoms with Crippen molar-refractivity contribution in [1.29, 1.82) is 0 Å². The molecule has 0 radical (unpaired) electrons. The number of sulfonamides is 1. The van der Waals surface area contributed by atoms with Crippen LogP contribution in [0.4, 0.5) is 0 Å². The van der Waals surface area contributed by atoms with Crippen molar-refractivity contribution in [1.82, 2.24) is 10.0 Å². The van der Waals surface area contributed by atoms with E-state index >= 15 is 0 Å². The van der Waals surface area contributed by atoms with Crippen LogP contribution in [-0.4, -0.2) is 46.5 Å². The van der Waals surface area contributed by atoms with Crippen molar-refractivity contribution < 1.29 is 13.2 Å². The van der Waals surface area contributed by atoms with Gasteiger partial charge in [-0.25, -0.2) is 13.1 Å². The highest BCUT2D eigenvalue weighted by molar-refractivity contribution is 7.89. The molecule has 0 bridgehead atoms. The molecular formula is C11H23ClN2O3S. The summed E-state index contributed by atoms with van der Waals surface area (Å²) in [7, 11) is -3.17. The maximum absolute atomic E-state index is 11.8. The van der Waals surface area contributed by atoms with Crippen molar-refractivity contribution >= 4 is 22.4 Å². The standard InChI is InChI=1S/C11H22N2O3S.ClH/c14-17(15,9-11-4-2-6-16-11)13-8-10-3-1-5-12-7-10;/h10-13H,1-9H2;1H. The Bertz CT molecular complexity index is 325. The molecule has 2 aliphatic rings. The van der Waals surface area contributed by atoms with Crippen LogP contribution < -0.4 is 10.0 Å². The highest BCUT2D eigenvalue weighted by Crippen LogP contribution is 2.14. The second kappa shape index (κ2) is 7.65. The van der Waals surface area contributed by atoms with E-state index < -0.39 is 10.0 Å². The molecule has 5 nitrogen and oxygen atoms in total. The second-order valence-electron chi connectivity index (χ2n) is 4.98. The summed E-state index contributed by atoms with van der Waals surface area (Å²) in [5.41, 5.74) is 0. The fraction of sp³-hybridized carbons (Fsp3) is 1.00. The van der Waals surface area contributed by atoms with Crippen LogP contribution >= 0.6 is 12.4 Å². The van der Waals surface area contributed by atoms with E-state index in [2.05, 4.69) is 10.0 Å². The van der Waals surface area contributed by atoms with Gasteiger partial charge < -0.3 is 10.1 Å². The molecule has 2 rings (SSSR count). The zero-order valence-corrected chi connectivity index (χ0v) is 12.2. The maximum atomic E-state index is 11.8. The minimum Gasteiger partial charge on any atom is -0.377 e. The summed E-state index contributed by atoms with van der Waals surface area (Å²) >= 11 is 0. The van der Waals surface area contributed by atoms with Gasteiger partial charge in [0.25, 0.3) is 0 Å². The third-order valence-electron chi connectivity index (χ3n) is 3.42. The number of nitrogens with one attached hydrogen (secondary N) is 2. The van der Waals surface area contributed by atoms with Crippen molar-refractivity contribution in [2.45, 2.75) is 31.8 Å². The van der Waals surface area contributed by atoms with Gasteiger partial charge in [-0.05, 0) is 44.7 Å². The molecule has 0 aliphatic carbocycles. The number of halogens is 1. The smallest absolute Gasteiger partial charge is 0.214 e. The van der Waals surface area contributed by atoms with Gasteiger partial charge in [-0.2, -0.15) is 0 Å². The van der Waals surface area contributed by atoms with E-state index in [1.807, 2.05) is 0 Å². The van der Waals surface area contributed by atoms with Crippen LogP contribution in [0.5, 0.6) is 0 Å². The normalized spacial score (nSPS) is 28.9. The lowest BCUT2D eigenvalue weighted by Gasteiger charge is -2.23. The third-order valence-corrected chi connectivity index (χ3v) is 4.84. The fourth-order valence-electron chi connectivity index (χ4n) is 2.42. The van der Waals surface area contributed by atoms with Crippen molar-refractivity contribution in [2.75, 3.05) is 32.0 Å². The predicted octanol–water partition coefficient (Wildman–Crippen LogP) is 0.506. The lowest BCUT2D eigenvalue weighted by Crippen LogP contribution is -2.40. The topological polar surface area (TPSA) is 67.4 Å². The first kappa shape index (κ1) is 16.2. The molecule has 2 N–H and O–H groups in total. The molecule has 108 valence electrons. The lowest BCUT2D eigenvalue weighted by molar-refractivity contribution is 0.127. The molecule has 2 aliphatic heterocycles. The zero-order valence-electron chi connectivity index (χ0n) is 10.6. The Morgan fingerprint density at radius 2 is 2.11 bits per heavy atom. The average molecular weight is 299 g/mol. The van der Waals surface area contributed by atoms with E-state index in [4.69, 9.17) is 4.74 Å². The summed E-state index contributed by atoms with van der Waals surface area (Å²) in [4.78, 5) is 0. The van der Waals surface area contributed by atoms with Gasteiger partial charge >= 0.3 is 0 Å². The first-order valence-corrected chi connectivity index (χ1v) is 8.10. The molecular weight excluding hydrogens is 276 g/mol. The summed E-state index contributed by atoms with van der Waals surface area (Å²) < 4.78 is 31.7. The van der Waals surface area contributed by atoms with Gasteiger partial charge in [-0.1, -0.05) is 0 Å². The number of ether oxygens (including phenoxy) is 1. The second-order valence-corrected chi connectivity index (χ2v) is 6.83. The predicted molar refractivity (Wildman–Crippen MR) is 73.6 cm³/mol. The van der Waals surface area contributed by atoms with Gasteiger partial charge in [0.1, 0.15) is 0 Å². The van der Waals surface area contributed by atoms with Gasteiger partial charge in [0.15, 0.2) is 0 Å². The zero-order chi connectivity index (χ0) is 12.1. The molecule has 2 saturated heterocycles. The van der Waals surface area contributed by atoms with Crippen molar-refractivity contribution in [3.8, 4) is 0 Å². The maximum Gasteiger partial charge on any atom is 0.214 e. The molecule has 2 unspecified atom stereocenters. The van der Waals surface area contributed by atoms with Crippen LogP contribution in [0.15, 0.2) is 0 Å². The van der Waals surface area contributed by atoms with Gasteiger partial charge in [0, 0.05) is 13.2 Å². The van der Waals surface area contributed by atoms with E-state index in [1.165, 1.54) is 0 Å². The highest BCUT2D eigenvalue weighted by atomic mass is 35.5. The Labute approximate surface area is 116 Å². The number of hydrogen-bond acceptors (Lipinski definition) is 4. The number of piperidine rings is 1. The molecule has 18 heavy (non-hydrogen) atoms. The van der Waals surface area contributed by atoms with E-state index in [0.29, 0.717) is 19.1 Å². The summed E-state index contributed by atoms with van der Waals surface area (Å²) in [6.45, 7) is 3.23. The molecule has 0 spiro atoms.